The standard InChI is InChI=1S/C18H18FNO3/c19-14-7-5-13(6-8-14)12-23-17-4-2-1-3-16(17)18(22)20-10-9-15(21)11-20/h1-8,15,21H,9-12H2/t15-/m1/s1. The molecule has 0 saturated carbocycles. The van der Waals surface area contributed by atoms with Gasteiger partial charge in [0.15, 0.2) is 0 Å². The molecule has 0 unspecified atom stereocenters. The van der Waals surface area contributed by atoms with Gasteiger partial charge in [-0.25, -0.2) is 4.39 Å². The summed E-state index contributed by atoms with van der Waals surface area (Å²) in [5.74, 6) is 0.0522. The first-order chi connectivity index (χ1) is 11.1. The lowest BCUT2D eigenvalue weighted by Crippen LogP contribution is -2.29. The van der Waals surface area contributed by atoms with Crippen LogP contribution in [0.4, 0.5) is 4.39 Å². The summed E-state index contributed by atoms with van der Waals surface area (Å²) in [4.78, 5) is 14.2. The smallest absolute Gasteiger partial charge is 0.257 e. The van der Waals surface area contributed by atoms with Crippen molar-refractivity contribution in [3.05, 3.63) is 65.5 Å². The summed E-state index contributed by atoms with van der Waals surface area (Å²) in [7, 11) is 0. The average Bonchev–Trinajstić information content (AvgIpc) is 3.00. The van der Waals surface area contributed by atoms with Gasteiger partial charge in [-0.2, -0.15) is 0 Å². The van der Waals surface area contributed by atoms with Crippen LogP contribution in [0.1, 0.15) is 22.3 Å². The van der Waals surface area contributed by atoms with Crippen LogP contribution in [0.15, 0.2) is 48.5 Å². The molecule has 1 N–H and O–H groups in total. The van der Waals surface area contributed by atoms with Gasteiger partial charge in [-0.3, -0.25) is 4.79 Å². The van der Waals surface area contributed by atoms with E-state index in [2.05, 4.69) is 0 Å². The molecule has 1 atom stereocenters. The second kappa shape index (κ2) is 6.79. The topological polar surface area (TPSA) is 49.8 Å². The van der Waals surface area contributed by atoms with Gasteiger partial charge in [0.2, 0.25) is 0 Å². The van der Waals surface area contributed by atoms with E-state index in [1.165, 1.54) is 12.1 Å². The number of halogens is 1. The van der Waals surface area contributed by atoms with Crippen molar-refractivity contribution in [1.82, 2.24) is 4.90 Å². The minimum absolute atomic E-state index is 0.142. The van der Waals surface area contributed by atoms with Crippen LogP contribution in [0.2, 0.25) is 0 Å². The van der Waals surface area contributed by atoms with Crippen LogP contribution in [0, 0.1) is 5.82 Å². The van der Waals surface area contributed by atoms with E-state index in [9.17, 15) is 14.3 Å². The van der Waals surface area contributed by atoms with E-state index >= 15 is 0 Å². The number of amides is 1. The fourth-order valence-corrected chi connectivity index (χ4v) is 2.61. The third kappa shape index (κ3) is 3.68. The predicted molar refractivity (Wildman–Crippen MR) is 83.7 cm³/mol. The second-order valence-corrected chi connectivity index (χ2v) is 5.60. The van der Waals surface area contributed by atoms with E-state index in [4.69, 9.17) is 4.74 Å². The molecule has 1 fully saturated rings. The molecule has 0 aliphatic carbocycles. The molecule has 1 heterocycles. The molecule has 120 valence electrons. The van der Waals surface area contributed by atoms with Gasteiger partial charge in [0.1, 0.15) is 18.2 Å². The summed E-state index contributed by atoms with van der Waals surface area (Å²) in [5.41, 5.74) is 1.30. The Hall–Kier alpha value is -2.40. The number of aliphatic hydroxyl groups excluding tert-OH is 1. The zero-order valence-corrected chi connectivity index (χ0v) is 12.6. The van der Waals surface area contributed by atoms with Gasteiger partial charge in [0.05, 0.1) is 11.7 Å². The molecular formula is C18H18FNO3. The van der Waals surface area contributed by atoms with Gasteiger partial charge in [-0.05, 0) is 36.2 Å². The quantitative estimate of drug-likeness (QED) is 0.943. The number of carbonyl (C=O) groups excluding carboxylic acids is 1. The van der Waals surface area contributed by atoms with Crippen molar-refractivity contribution in [2.45, 2.75) is 19.1 Å². The summed E-state index contributed by atoms with van der Waals surface area (Å²) in [6.45, 7) is 1.16. The van der Waals surface area contributed by atoms with Crippen molar-refractivity contribution < 1.29 is 19.0 Å². The number of hydrogen-bond acceptors (Lipinski definition) is 3. The fraction of sp³-hybridized carbons (Fsp3) is 0.278. The average molecular weight is 315 g/mol. The Kier molecular flexibility index (Phi) is 4.57. The monoisotopic (exact) mass is 315 g/mol. The van der Waals surface area contributed by atoms with E-state index in [0.717, 1.165) is 5.56 Å². The highest BCUT2D eigenvalue weighted by Gasteiger charge is 2.27. The van der Waals surface area contributed by atoms with Crippen LogP contribution in [-0.4, -0.2) is 35.1 Å². The summed E-state index contributed by atoms with van der Waals surface area (Å²) in [5, 5.41) is 9.58. The molecule has 1 aliphatic heterocycles. The maximum Gasteiger partial charge on any atom is 0.257 e. The summed E-state index contributed by atoms with van der Waals surface area (Å²) in [6.07, 6.45) is 0.149. The predicted octanol–water partition coefficient (Wildman–Crippen LogP) is 2.61. The van der Waals surface area contributed by atoms with Crippen molar-refractivity contribution in [1.29, 1.82) is 0 Å². The molecule has 0 aromatic heterocycles. The zero-order valence-electron chi connectivity index (χ0n) is 12.6. The van der Waals surface area contributed by atoms with E-state index in [0.29, 0.717) is 30.8 Å². The third-order valence-electron chi connectivity index (χ3n) is 3.88. The first-order valence-electron chi connectivity index (χ1n) is 7.57. The van der Waals surface area contributed by atoms with Crippen molar-refractivity contribution >= 4 is 5.91 Å². The molecule has 0 bridgehead atoms. The fourth-order valence-electron chi connectivity index (χ4n) is 2.61. The lowest BCUT2D eigenvalue weighted by atomic mass is 10.1. The van der Waals surface area contributed by atoms with Crippen LogP contribution in [0.25, 0.3) is 0 Å². The van der Waals surface area contributed by atoms with Gasteiger partial charge < -0.3 is 14.7 Å². The molecule has 3 rings (SSSR count). The minimum Gasteiger partial charge on any atom is -0.488 e. The van der Waals surface area contributed by atoms with Gasteiger partial charge >= 0.3 is 0 Å². The van der Waals surface area contributed by atoms with Crippen molar-refractivity contribution in [2.75, 3.05) is 13.1 Å². The molecular weight excluding hydrogens is 297 g/mol. The van der Waals surface area contributed by atoms with Gasteiger partial charge in [0.25, 0.3) is 5.91 Å². The lowest BCUT2D eigenvalue weighted by Gasteiger charge is -2.18. The van der Waals surface area contributed by atoms with E-state index in [1.54, 1.807) is 41.3 Å². The Morgan fingerprint density at radius 3 is 2.65 bits per heavy atom. The Morgan fingerprint density at radius 1 is 1.22 bits per heavy atom. The Bertz CT molecular complexity index is 687. The SMILES string of the molecule is O=C(c1ccccc1OCc1ccc(F)cc1)N1CC[C@@H](O)C1. The molecule has 1 amide bonds. The van der Waals surface area contributed by atoms with Crippen LogP contribution in [-0.2, 0) is 6.61 Å². The van der Waals surface area contributed by atoms with E-state index < -0.39 is 6.10 Å². The molecule has 23 heavy (non-hydrogen) atoms. The Morgan fingerprint density at radius 2 is 1.96 bits per heavy atom. The van der Waals surface area contributed by atoms with E-state index in [-0.39, 0.29) is 18.3 Å². The van der Waals surface area contributed by atoms with Crippen LogP contribution >= 0.6 is 0 Å². The highest BCUT2D eigenvalue weighted by molar-refractivity contribution is 5.97. The maximum atomic E-state index is 12.9. The number of carbonyl (C=O) groups is 1. The normalized spacial score (nSPS) is 17.3. The summed E-state index contributed by atoms with van der Waals surface area (Å²) in [6, 6.07) is 13.1. The summed E-state index contributed by atoms with van der Waals surface area (Å²) < 4.78 is 18.7. The number of likely N-dealkylation sites (tertiary alicyclic amines) is 1. The molecule has 2 aromatic carbocycles. The minimum atomic E-state index is -0.453. The van der Waals surface area contributed by atoms with Crippen molar-refractivity contribution in [3.8, 4) is 5.75 Å². The van der Waals surface area contributed by atoms with Crippen molar-refractivity contribution in [2.24, 2.45) is 0 Å². The molecule has 4 nitrogen and oxygen atoms in total. The maximum absolute atomic E-state index is 12.9. The number of rotatable bonds is 4. The number of hydrogen-bond donors (Lipinski definition) is 1. The number of ether oxygens (including phenoxy) is 1. The van der Waals surface area contributed by atoms with Crippen LogP contribution in [0.3, 0.4) is 0 Å². The second-order valence-electron chi connectivity index (χ2n) is 5.60. The first kappa shape index (κ1) is 15.5. The molecule has 0 spiro atoms. The Labute approximate surface area is 134 Å². The molecule has 5 heteroatoms. The molecule has 1 aliphatic rings. The van der Waals surface area contributed by atoms with Crippen LogP contribution < -0.4 is 4.74 Å². The number of aliphatic hydroxyl groups is 1. The van der Waals surface area contributed by atoms with Gasteiger partial charge in [0, 0.05) is 13.1 Å². The zero-order chi connectivity index (χ0) is 16.2. The summed E-state index contributed by atoms with van der Waals surface area (Å²) >= 11 is 0. The number of benzene rings is 2. The Balaban J connectivity index is 1.72. The van der Waals surface area contributed by atoms with Gasteiger partial charge in [-0.1, -0.05) is 24.3 Å². The number of β-amino-alcohol motifs (C(OH)–C–C–N with tert-alkyl or cyclic N) is 1. The largest absolute Gasteiger partial charge is 0.488 e. The van der Waals surface area contributed by atoms with Crippen LogP contribution in [0.5, 0.6) is 5.75 Å². The third-order valence-corrected chi connectivity index (χ3v) is 3.88. The highest BCUT2D eigenvalue weighted by atomic mass is 19.1. The first-order valence-corrected chi connectivity index (χ1v) is 7.57. The highest BCUT2D eigenvalue weighted by Crippen LogP contribution is 2.23. The van der Waals surface area contributed by atoms with Gasteiger partial charge in [-0.15, -0.1) is 0 Å². The lowest BCUT2D eigenvalue weighted by molar-refractivity contribution is 0.0760. The number of para-hydroxylation sites is 1. The van der Waals surface area contributed by atoms with E-state index in [1.807, 2.05) is 0 Å². The van der Waals surface area contributed by atoms with Crippen molar-refractivity contribution in [3.63, 3.8) is 0 Å². The molecule has 1 saturated heterocycles. The molecule has 0 radical (unpaired) electrons. The molecule has 2 aromatic rings. The number of nitrogens with zero attached hydrogens (tertiary/aromatic N) is 1.